The molecule has 2 aromatic carbocycles. The van der Waals surface area contributed by atoms with E-state index in [-0.39, 0.29) is 23.3 Å². The number of halogens is 1. The SMILES string of the molecule is O=C(CSc1nc2ccccc2c(=O)n1C1CC1)Nc1cccc(I)c1. The third kappa shape index (κ3) is 3.78. The summed E-state index contributed by atoms with van der Waals surface area (Å²) in [6, 6.07) is 15.2. The molecule has 0 radical (unpaired) electrons. The van der Waals surface area contributed by atoms with Gasteiger partial charge < -0.3 is 5.32 Å². The van der Waals surface area contributed by atoms with Crippen LogP contribution in [0.25, 0.3) is 10.9 Å². The normalized spacial score (nSPS) is 13.7. The number of rotatable bonds is 5. The fourth-order valence-electron chi connectivity index (χ4n) is 2.78. The van der Waals surface area contributed by atoms with E-state index in [1.807, 2.05) is 48.5 Å². The van der Waals surface area contributed by atoms with Crippen LogP contribution in [0.3, 0.4) is 0 Å². The maximum absolute atomic E-state index is 12.8. The molecule has 1 amide bonds. The van der Waals surface area contributed by atoms with Crippen LogP contribution in [0.4, 0.5) is 5.69 Å². The summed E-state index contributed by atoms with van der Waals surface area (Å²) in [5.41, 5.74) is 1.43. The van der Waals surface area contributed by atoms with Crippen molar-refractivity contribution in [3.05, 3.63) is 62.5 Å². The van der Waals surface area contributed by atoms with Crippen LogP contribution in [0.2, 0.25) is 0 Å². The summed E-state index contributed by atoms with van der Waals surface area (Å²) < 4.78 is 2.82. The van der Waals surface area contributed by atoms with Gasteiger partial charge in [0.25, 0.3) is 5.56 Å². The highest BCUT2D eigenvalue weighted by molar-refractivity contribution is 14.1. The predicted octanol–water partition coefficient (Wildman–Crippen LogP) is 4.07. The van der Waals surface area contributed by atoms with Crippen molar-refractivity contribution < 1.29 is 4.79 Å². The van der Waals surface area contributed by atoms with Crippen molar-refractivity contribution >= 4 is 56.9 Å². The molecule has 1 saturated carbocycles. The van der Waals surface area contributed by atoms with Crippen molar-refractivity contribution in [1.29, 1.82) is 0 Å². The Morgan fingerprint density at radius 3 is 2.81 bits per heavy atom. The molecule has 1 aliphatic rings. The summed E-state index contributed by atoms with van der Waals surface area (Å²) in [4.78, 5) is 29.7. The Labute approximate surface area is 168 Å². The van der Waals surface area contributed by atoms with Crippen molar-refractivity contribution in [1.82, 2.24) is 9.55 Å². The lowest BCUT2D eigenvalue weighted by Gasteiger charge is -2.12. The van der Waals surface area contributed by atoms with Crippen LogP contribution in [-0.4, -0.2) is 21.2 Å². The fourth-order valence-corrected chi connectivity index (χ4v) is 4.18. The lowest BCUT2D eigenvalue weighted by atomic mass is 10.2. The Bertz CT molecular complexity index is 1050. The molecule has 0 saturated heterocycles. The topological polar surface area (TPSA) is 64.0 Å². The zero-order chi connectivity index (χ0) is 18.1. The van der Waals surface area contributed by atoms with Crippen LogP contribution in [0, 0.1) is 3.57 Å². The van der Waals surface area contributed by atoms with Gasteiger partial charge in [-0.05, 0) is 65.8 Å². The molecule has 0 atom stereocenters. The van der Waals surface area contributed by atoms with E-state index in [1.165, 1.54) is 11.8 Å². The molecule has 0 unspecified atom stereocenters. The minimum Gasteiger partial charge on any atom is -0.325 e. The molecule has 1 N–H and O–H groups in total. The Morgan fingerprint density at radius 2 is 2.04 bits per heavy atom. The second-order valence-electron chi connectivity index (χ2n) is 6.17. The number of carbonyl (C=O) groups is 1. The van der Waals surface area contributed by atoms with Gasteiger partial charge in [-0.25, -0.2) is 4.98 Å². The molecule has 1 aliphatic carbocycles. The summed E-state index contributed by atoms with van der Waals surface area (Å²) in [7, 11) is 0. The average Bonchev–Trinajstić information content (AvgIpc) is 3.45. The maximum atomic E-state index is 12.8. The number of hydrogen-bond acceptors (Lipinski definition) is 4. The Balaban J connectivity index is 1.56. The second kappa shape index (κ2) is 7.40. The fraction of sp³-hybridized carbons (Fsp3) is 0.211. The third-order valence-electron chi connectivity index (χ3n) is 4.13. The molecule has 5 nitrogen and oxygen atoms in total. The average molecular weight is 477 g/mol. The van der Waals surface area contributed by atoms with Crippen LogP contribution in [-0.2, 0) is 4.79 Å². The van der Waals surface area contributed by atoms with Gasteiger partial charge >= 0.3 is 0 Å². The molecule has 3 aromatic rings. The van der Waals surface area contributed by atoms with Gasteiger partial charge in [-0.15, -0.1) is 0 Å². The molecule has 1 heterocycles. The molecular formula is C19H16IN3O2S. The number of nitrogens with one attached hydrogen (secondary N) is 1. The third-order valence-corrected chi connectivity index (χ3v) is 5.75. The molecule has 1 fully saturated rings. The molecule has 0 spiro atoms. The van der Waals surface area contributed by atoms with Gasteiger partial charge in [-0.2, -0.15) is 0 Å². The smallest absolute Gasteiger partial charge is 0.262 e. The Morgan fingerprint density at radius 1 is 1.23 bits per heavy atom. The molecule has 132 valence electrons. The highest BCUT2D eigenvalue weighted by atomic mass is 127. The van der Waals surface area contributed by atoms with Crippen LogP contribution in [0.15, 0.2) is 58.5 Å². The van der Waals surface area contributed by atoms with Gasteiger partial charge in [0, 0.05) is 15.3 Å². The first-order chi connectivity index (χ1) is 12.6. The zero-order valence-corrected chi connectivity index (χ0v) is 16.8. The zero-order valence-electron chi connectivity index (χ0n) is 13.8. The van der Waals surface area contributed by atoms with E-state index < -0.39 is 0 Å². The molecule has 0 bridgehead atoms. The number of benzene rings is 2. The van der Waals surface area contributed by atoms with Crippen molar-refractivity contribution in [3.8, 4) is 0 Å². The number of para-hydroxylation sites is 1. The van der Waals surface area contributed by atoms with Gasteiger partial charge in [0.15, 0.2) is 5.16 Å². The molecule has 7 heteroatoms. The summed E-state index contributed by atoms with van der Waals surface area (Å²) >= 11 is 3.52. The van der Waals surface area contributed by atoms with E-state index >= 15 is 0 Å². The van der Waals surface area contributed by atoms with Gasteiger partial charge in [-0.3, -0.25) is 14.2 Å². The summed E-state index contributed by atoms with van der Waals surface area (Å²) in [6.07, 6.45) is 1.98. The van der Waals surface area contributed by atoms with Gasteiger partial charge in [0.2, 0.25) is 5.91 Å². The van der Waals surface area contributed by atoms with Crippen LogP contribution in [0.5, 0.6) is 0 Å². The number of aromatic nitrogens is 2. The summed E-state index contributed by atoms with van der Waals surface area (Å²) in [5.74, 6) is 0.102. The molecule has 1 aromatic heterocycles. The van der Waals surface area contributed by atoms with Gasteiger partial charge in [-0.1, -0.05) is 30.0 Å². The van der Waals surface area contributed by atoms with E-state index in [9.17, 15) is 9.59 Å². The van der Waals surface area contributed by atoms with E-state index in [2.05, 4.69) is 32.9 Å². The molecular weight excluding hydrogens is 461 g/mol. The number of nitrogens with zero attached hydrogens (tertiary/aromatic N) is 2. The van der Waals surface area contributed by atoms with E-state index in [1.54, 1.807) is 4.57 Å². The first-order valence-electron chi connectivity index (χ1n) is 8.31. The molecule has 0 aliphatic heterocycles. The lowest BCUT2D eigenvalue weighted by molar-refractivity contribution is -0.113. The quantitative estimate of drug-likeness (QED) is 0.342. The minimum absolute atomic E-state index is 0.0152. The summed E-state index contributed by atoms with van der Waals surface area (Å²) in [6.45, 7) is 0. The number of hydrogen-bond donors (Lipinski definition) is 1. The first kappa shape index (κ1) is 17.5. The van der Waals surface area contributed by atoms with E-state index in [0.29, 0.717) is 16.1 Å². The minimum atomic E-state index is -0.109. The van der Waals surface area contributed by atoms with Gasteiger partial charge in [0.1, 0.15) is 0 Å². The number of anilines is 1. The molecule has 4 rings (SSSR count). The number of thioether (sulfide) groups is 1. The summed E-state index contributed by atoms with van der Waals surface area (Å²) in [5, 5.41) is 4.14. The van der Waals surface area contributed by atoms with Crippen LogP contribution >= 0.6 is 34.4 Å². The monoisotopic (exact) mass is 477 g/mol. The predicted molar refractivity (Wildman–Crippen MR) is 113 cm³/mol. The van der Waals surface area contributed by atoms with Gasteiger partial charge in [0.05, 0.1) is 16.7 Å². The molecule has 26 heavy (non-hydrogen) atoms. The highest BCUT2D eigenvalue weighted by Gasteiger charge is 2.28. The highest BCUT2D eigenvalue weighted by Crippen LogP contribution is 2.36. The standard InChI is InChI=1S/C19H16IN3O2S/c20-12-4-3-5-13(10-12)21-17(24)11-26-19-22-16-7-2-1-6-15(16)18(25)23(19)14-8-9-14/h1-7,10,14H,8-9,11H2,(H,21,24). The lowest BCUT2D eigenvalue weighted by Crippen LogP contribution is -2.23. The van der Waals surface area contributed by atoms with E-state index in [0.717, 1.165) is 22.1 Å². The van der Waals surface area contributed by atoms with Crippen molar-refractivity contribution in [3.63, 3.8) is 0 Å². The number of amides is 1. The van der Waals surface area contributed by atoms with Crippen LogP contribution < -0.4 is 10.9 Å². The Hall–Kier alpha value is -1.87. The van der Waals surface area contributed by atoms with Crippen molar-refractivity contribution in [2.24, 2.45) is 0 Å². The van der Waals surface area contributed by atoms with Crippen molar-refractivity contribution in [2.75, 3.05) is 11.1 Å². The number of carbonyl (C=O) groups excluding carboxylic acids is 1. The first-order valence-corrected chi connectivity index (χ1v) is 10.4. The Kier molecular flexibility index (Phi) is 4.99. The van der Waals surface area contributed by atoms with E-state index in [4.69, 9.17) is 0 Å². The maximum Gasteiger partial charge on any atom is 0.262 e. The second-order valence-corrected chi connectivity index (χ2v) is 8.35. The largest absolute Gasteiger partial charge is 0.325 e. The van der Waals surface area contributed by atoms with Crippen molar-refractivity contribution in [2.45, 2.75) is 24.0 Å². The number of fused-ring (bicyclic) bond motifs is 1. The van der Waals surface area contributed by atoms with Crippen LogP contribution in [0.1, 0.15) is 18.9 Å².